The number of benzene rings is 1. The molecule has 2 heteroatoms. The van der Waals surface area contributed by atoms with Gasteiger partial charge in [0.25, 0.3) is 0 Å². The highest BCUT2D eigenvalue weighted by Gasteiger charge is 2.01. The normalized spacial score (nSPS) is 16.1. The number of nitrogens with zero attached hydrogens (tertiary/aromatic N) is 1. The maximum atomic E-state index is 5.20. The lowest BCUT2D eigenvalue weighted by Gasteiger charge is -2.06. The highest BCUT2D eigenvalue weighted by Crippen LogP contribution is 2.15. The summed E-state index contributed by atoms with van der Waals surface area (Å²) in [4.78, 5) is 5.20. The van der Waals surface area contributed by atoms with Gasteiger partial charge in [0.05, 0.1) is 0 Å². The topological polar surface area (TPSA) is 21.6 Å². The van der Waals surface area contributed by atoms with Crippen LogP contribution in [0.15, 0.2) is 47.1 Å². The summed E-state index contributed by atoms with van der Waals surface area (Å²) in [7, 11) is 0. The molecule has 0 spiro atoms. The number of allylic oxidation sites excluding steroid dienone is 2. The van der Waals surface area contributed by atoms with E-state index in [-0.39, 0.29) is 0 Å². The van der Waals surface area contributed by atoms with E-state index >= 15 is 0 Å². The van der Waals surface area contributed by atoms with Gasteiger partial charge in [0.2, 0.25) is 0 Å². The molecule has 1 aromatic rings. The van der Waals surface area contributed by atoms with Crippen LogP contribution in [0, 0.1) is 0 Å². The Balaban J connectivity index is 1.75. The van der Waals surface area contributed by atoms with Gasteiger partial charge in [-0.25, -0.2) is 0 Å². The standard InChI is InChI=1S/C14H16NO/c1-3-7-13(8-4-1)11-15-16-12-14-9-5-2-6-10-14/h2,5-7,9-10H,1,3-4,8,12H2. The Bertz CT molecular complexity index is 368. The average Bonchev–Trinajstić information content (AvgIpc) is 2.37. The molecular weight excluding hydrogens is 198 g/mol. The van der Waals surface area contributed by atoms with Crippen molar-refractivity contribution in [2.45, 2.75) is 32.3 Å². The Labute approximate surface area is 96.6 Å². The van der Waals surface area contributed by atoms with Crippen LogP contribution in [0.25, 0.3) is 0 Å². The first kappa shape index (κ1) is 10.9. The van der Waals surface area contributed by atoms with E-state index in [4.69, 9.17) is 4.84 Å². The van der Waals surface area contributed by atoms with Gasteiger partial charge >= 0.3 is 0 Å². The lowest BCUT2D eigenvalue weighted by atomic mass is 10.0. The number of hydrogen-bond acceptors (Lipinski definition) is 2. The van der Waals surface area contributed by atoms with Crippen LogP contribution in [0.2, 0.25) is 0 Å². The molecule has 0 atom stereocenters. The summed E-state index contributed by atoms with van der Waals surface area (Å²) in [5.41, 5.74) is 2.31. The Hall–Kier alpha value is -1.57. The largest absolute Gasteiger partial charge is 0.390 e. The zero-order valence-electron chi connectivity index (χ0n) is 9.36. The van der Waals surface area contributed by atoms with Crippen molar-refractivity contribution in [3.05, 3.63) is 47.5 Å². The monoisotopic (exact) mass is 214 g/mol. The van der Waals surface area contributed by atoms with Crippen LogP contribution in [-0.4, -0.2) is 6.21 Å². The van der Waals surface area contributed by atoms with Gasteiger partial charge in [-0.2, -0.15) is 0 Å². The second-order valence-electron chi connectivity index (χ2n) is 3.94. The minimum absolute atomic E-state index is 0.515. The quantitative estimate of drug-likeness (QED) is 0.554. The zero-order valence-corrected chi connectivity index (χ0v) is 9.36. The Morgan fingerprint density at radius 1 is 1.19 bits per heavy atom. The van der Waals surface area contributed by atoms with Gasteiger partial charge < -0.3 is 4.84 Å². The molecule has 0 unspecified atom stereocenters. The van der Waals surface area contributed by atoms with E-state index in [9.17, 15) is 0 Å². The second kappa shape index (κ2) is 6.11. The molecule has 2 nitrogen and oxygen atoms in total. The minimum Gasteiger partial charge on any atom is -0.390 e. The molecule has 0 saturated heterocycles. The molecule has 0 saturated carbocycles. The van der Waals surface area contributed by atoms with E-state index in [1.54, 1.807) is 0 Å². The predicted molar refractivity (Wildman–Crippen MR) is 65.2 cm³/mol. The van der Waals surface area contributed by atoms with Crippen molar-refractivity contribution in [1.29, 1.82) is 0 Å². The lowest BCUT2D eigenvalue weighted by molar-refractivity contribution is 0.132. The van der Waals surface area contributed by atoms with Crippen molar-refractivity contribution in [3.8, 4) is 0 Å². The van der Waals surface area contributed by atoms with Crippen molar-refractivity contribution in [1.82, 2.24) is 0 Å². The second-order valence-corrected chi connectivity index (χ2v) is 3.94. The molecule has 0 heterocycles. The third-order valence-corrected chi connectivity index (χ3v) is 2.62. The molecule has 1 aliphatic carbocycles. The summed E-state index contributed by atoms with van der Waals surface area (Å²) in [5.74, 6) is 0. The Morgan fingerprint density at radius 2 is 2.06 bits per heavy atom. The van der Waals surface area contributed by atoms with Gasteiger partial charge in [-0.05, 0) is 36.8 Å². The first-order chi connectivity index (χ1) is 7.95. The van der Waals surface area contributed by atoms with Crippen LogP contribution < -0.4 is 0 Å². The van der Waals surface area contributed by atoms with Gasteiger partial charge in [-0.3, -0.25) is 0 Å². The Morgan fingerprint density at radius 3 is 2.81 bits per heavy atom. The van der Waals surface area contributed by atoms with Gasteiger partial charge in [0.1, 0.15) is 12.8 Å². The third kappa shape index (κ3) is 3.54. The highest BCUT2D eigenvalue weighted by atomic mass is 16.6. The van der Waals surface area contributed by atoms with Gasteiger partial charge in [-0.15, -0.1) is 0 Å². The van der Waals surface area contributed by atoms with Crippen molar-refractivity contribution >= 4 is 6.21 Å². The fourth-order valence-electron chi connectivity index (χ4n) is 1.71. The van der Waals surface area contributed by atoms with E-state index in [1.807, 2.05) is 30.3 Å². The van der Waals surface area contributed by atoms with Crippen molar-refractivity contribution < 1.29 is 4.84 Å². The molecule has 0 N–H and O–H groups in total. The molecule has 0 fully saturated rings. The van der Waals surface area contributed by atoms with Gasteiger partial charge in [-0.1, -0.05) is 41.6 Å². The first-order valence-corrected chi connectivity index (χ1v) is 5.76. The van der Waals surface area contributed by atoms with E-state index in [1.165, 1.54) is 18.4 Å². The molecule has 0 amide bonds. The van der Waals surface area contributed by atoms with E-state index in [2.05, 4.69) is 17.4 Å². The van der Waals surface area contributed by atoms with Crippen molar-refractivity contribution in [2.75, 3.05) is 0 Å². The summed E-state index contributed by atoms with van der Waals surface area (Å²) in [6.45, 7) is 0.515. The van der Waals surface area contributed by atoms with E-state index in [0.717, 1.165) is 18.4 Å². The summed E-state index contributed by atoms with van der Waals surface area (Å²) >= 11 is 0. The maximum absolute atomic E-state index is 5.20. The minimum atomic E-state index is 0.515. The lowest BCUT2D eigenvalue weighted by Crippen LogP contribution is -1.94. The van der Waals surface area contributed by atoms with Crippen molar-refractivity contribution in [3.63, 3.8) is 0 Å². The molecule has 1 radical (unpaired) electrons. The summed E-state index contributed by atoms with van der Waals surface area (Å²) in [5, 5.41) is 3.87. The molecule has 0 aromatic heterocycles. The number of hydrogen-bond donors (Lipinski definition) is 0. The summed E-state index contributed by atoms with van der Waals surface area (Å²) in [6.07, 6.45) is 9.91. The summed E-state index contributed by atoms with van der Waals surface area (Å²) < 4.78 is 0. The highest BCUT2D eigenvalue weighted by molar-refractivity contribution is 5.78. The molecule has 1 aromatic carbocycles. The third-order valence-electron chi connectivity index (χ3n) is 2.62. The summed E-state index contributed by atoms with van der Waals surface area (Å²) in [6, 6.07) is 10.0. The van der Waals surface area contributed by atoms with Gasteiger partial charge in [0.15, 0.2) is 0 Å². The van der Waals surface area contributed by atoms with Crippen LogP contribution in [0.1, 0.15) is 31.2 Å². The van der Waals surface area contributed by atoms with E-state index < -0.39 is 0 Å². The molecule has 2 rings (SSSR count). The molecule has 0 aliphatic heterocycles. The van der Waals surface area contributed by atoms with Crippen LogP contribution in [0.5, 0.6) is 0 Å². The Kier molecular flexibility index (Phi) is 4.17. The fraction of sp³-hybridized carbons (Fsp3) is 0.357. The van der Waals surface area contributed by atoms with Gasteiger partial charge in [0, 0.05) is 0 Å². The smallest absolute Gasteiger partial charge is 0.142 e. The van der Waals surface area contributed by atoms with Crippen molar-refractivity contribution in [2.24, 2.45) is 5.16 Å². The average molecular weight is 214 g/mol. The zero-order chi connectivity index (χ0) is 11.1. The molecular formula is C14H16NO. The van der Waals surface area contributed by atoms with Crippen LogP contribution in [0.3, 0.4) is 0 Å². The van der Waals surface area contributed by atoms with Crippen LogP contribution in [0.4, 0.5) is 0 Å². The molecule has 83 valence electrons. The maximum Gasteiger partial charge on any atom is 0.142 e. The fourth-order valence-corrected chi connectivity index (χ4v) is 1.71. The number of rotatable bonds is 4. The van der Waals surface area contributed by atoms with Crippen LogP contribution in [-0.2, 0) is 11.4 Å². The predicted octanol–water partition coefficient (Wildman–Crippen LogP) is 3.57. The van der Waals surface area contributed by atoms with Crippen LogP contribution >= 0.6 is 0 Å². The molecule has 0 bridgehead atoms. The molecule has 1 aliphatic rings. The van der Waals surface area contributed by atoms with E-state index in [0.29, 0.717) is 6.61 Å². The first-order valence-electron chi connectivity index (χ1n) is 5.76. The molecule has 16 heavy (non-hydrogen) atoms. The SMILES string of the molecule is [C](=N/OCc1ccccc1)/C1=CCCCC1.